The third-order valence-corrected chi connectivity index (χ3v) is 4.54. The number of ether oxygens (including phenoxy) is 2. The van der Waals surface area contributed by atoms with Gasteiger partial charge in [0.05, 0.1) is 26.5 Å². The molecule has 0 saturated heterocycles. The summed E-state index contributed by atoms with van der Waals surface area (Å²) in [5.74, 6) is -2.27. The monoisotopic (exact) mass is 456 g/mol. The fraction of sp³-hybridized carbons (Fsp3) is 0.125. The summed E-state index contributed by atoms with van der Waals surface area (Å²) in [4.78, 5) is 23.4. The van der Waals surface area contributed by atoms with Crippen LogP contribution in [0.3, 0.4) is 0 Å². The summed E-state index contributed by atoms with van der Waals surface area (Å²) in [6.45, 7) is 0. The average Bonchev–Trinajstić information content (AvgIpc) is 2.54. The number of hydrogen-bond acceptors (Lipinski definition) is 4. The van der Waals surface area contributed by atoms with E-state index in [4.69, 9.17) is 67.5 Å². The number of aliphatic carboxylic acids is 1. The van der Waals surface area contributed by atoms with E-state index in [0.717, 1.165) is 0 Å². The van der Waals surface area contributed by atoms with Crippen LogP contribution in [0.5, 0.6) is 11.5 Å². The third kappa shape index (κ3) is 5.56. The second-order valence-electron chi connectivity index (χ2n) is 4.89. The van der Waals surface area contributed by atoms with Crippen molar-refractivity contribution in [3.8, 4) is 11.5 Å². The molecule has 1 unspecified atom stereocenters. The standard InChI is InChI=1S/C16H9Cl5O5/c17-7-1-2-12(10(20)3-7)26-15(22)6-14(16(23)24)25-13-5-9(19)8(18)4-11(13)21/h1-5,14H,6H2,(H,23,24). The molecule has 26 heavy (non-hydrogen) atoms. The number of carbonyl (C=O) groups excluding carboxylic acids is 1. The number of hydrogen-bond donors (Lipinski definition) is 1. The molecular weight excluding hydrogens is 449 g/mol. The van der Waals surface area contributed by atoms with Crippen molar-refractivity contribution in [2.45, 2.75) is 12.5 Å². The Bertz CT molecular complexity index is 855. The van der Waals surface area contributed by atoms with Crippen LogP contribution in [0.15, 0.2) is 30.3 Å². The van der Waals surface area contributed by atoms with Gasteiger partial charge in [-0.15, -0.1) is 0 Å². The lowest BCUT2D eigenvalue weighted by atomic mass is 10.2. The Morgan fingerprint density at radius 3 is 2.12 bits per heavy atom. The molecule has 0 radical (unpaired) electrons. The molecule has 138 valence electrons. The van der Waals surface area contributed by atoms with Gasteiger partial charge in [-0.3, -0.25) is 4.79 Å². The van der Waals surface area contributed by atoms with Gasteiger partial charge in [0.15, 0.2) is 0 Å². The summed E-state index contributed by atoms with van der Waals surface area (Å²) < 4.78 is 10.3. The first-order valence-electron chi connectivity index (χ1n) is 6.87. The Hall–Kier alpha value is -1.37. The maximum absolute atomic E-state index is 12.0. The van der Waals surface area contributed by atoms with Crippen molar-refractivity contribution < 1.29 is 24.2 Å². The highest BCUT2D eigenvalue weighted by molar-refractivity contribution is 6.43. The predicted molar refractivity (Wildman–Crippen MR) is 100 cm³/mol. The van der Waals surface area contributed by atoms with Gasteiger partial charge < -0.3 is 14.6 Å². The zero-order valence-electron chi connectivity index (χ0n) is 12.6. The van der Waals surface area contributed by atoms with E-state index >= 15 is 0 Å². The second kappa shape index (κ2) is 9.02. The Kier molecular flexibility index (Phi) is 7.26. The maximum atomic E-state index is 12.0. The average molecular weight is 459 g/mol. The molecule has 0 amide bonds. The topological polar surface area (TPSA) is 72.8 Å². The fourth-order valence-electron chi connectivity index (χ4n) is 1.80. The van der Waals surface area contributed by atoms with Gasteiger partial charge in [0.1, 0.15) is 11.5 Å². The predicted octanol–water partition coefficient (Wildman–Crippen LogP) is 5.78. The molecule has 0 bridgehead atoms. The third-order valence-electron chi connectivity index (χ3n) is 2.99. The van der Waals surface area contributed by atoms with Gasteiger partial charge >= 0.3 is 11.9 Å². The van der Waals surface area contributed by atoms with Crippen LogP contribution >= 0.6 is 58.0 Å². The largest absolute Gasteiger partial charge is 0.478 e. The lowest BCUT2D eigenvalue weighted by Crippen LogP contribution is -2.31. The molecular formula is C16H9Cl5O5. The van der Waals surface area contributed by atoms with E-state index in [-0.39, 0.29) is 31.6 Å². The van der Waals surface area contributed by atoms with Crippen LogP contribution in [-0.4, -0.2) is 23.1 Å². The lowest BCUT2D eigenvalue weighted by Gasteiger charge is -2.16. The van der Waals surface area contributed by atoms with Gasteiger partial charge in [-0.1, -0.05) is 58.0 Å². The molecule has 1 atom stereocenters. The highest BCUT2D eigenvalue weighted by Gasteiger charge is 2.26. The van der Waals surface area contributed by atoms with E-state index in [0.29, 0.717) is 5.02 Å². The molecule has 0 fully saturated rings. The van der Waals surface area contributed by atoms with Crippen molar-refractivity contribution in [2.24, 2.45) is 0 Å². The van der Waals surface area contributed by atoms with Crippen LogP contribution in [0.4, 0.5) is 0 Å². The Morgan fingerprint density at radius 2 is 1.50 bits per heavy atom. The maximum Gasteiger partial charge on any atom is 0.345 e. The number of rotatable bonds is 6. The van der Waals surface area contributed by atoms with E-state index in [2.05, 4.69) is 0 Å². The van der Waals surface area contributed by atoms with Crippen LogP contribution in [0.2, 0.25) is 25.1 Å². The number of carboxylic acids is 1. The molecule has 2 aromatic carbocycles. The normalized spacial score (nSPS) is 11.7. The van der Waals surface area contributed by atoms with Crippen LogP contribution < -0.4 is 9.47 Å². The minimum atomic E-state index is -1.57. The summed E-state index contributed by atoms with van der Waals surface area (Å²) in [6.07, 6.45) is -2.17. The summed E-state index contributed by atoms with van der Waals surface area (Å²) in [5, 5.41) is 10.1. The number of carbonyl (C=O) groups is 2. The first kappa shape index (κ1) is 20.9. The Balaban J connectivity index is 2.12. The molecule has 10 heteroatoms. The SMILES string of the molecule is O=C(CC(Oc1cc(Cl)c(Cl)cc1Cl)C(=O)O)Oc1ccc(Cl)cc1Cl. The zero-order valence-corrected chi connectivity index (χ0v) is 16.4. The molecule has 0 aromatic heterocycles. The van der Waals surface area contributed by atoms with Crippen LogP contribution in [-0.2, 0) is 9.59 Å². The van der Waals surface area contributed by atoms with E-state index in [9.17, 15) is 14.7 Å². The lowest BCUT2D eigenvalue weighted by molar-refractivity contribution is -0.150. The summed E-state index contributed by atoms with van der Waals surface area (Å²) in [7, 11) is 0. The van der Waals surface area contributed by atoms with Crippen LogP contribution in [0, 0.1) is 0 Å². The molecule has 0 aliphatic carbocycles. The number of halogens is 5. The number of benzene rings is 2. The molecule has 2 aromatic rings. The number of esters is 1. The zero-order chi connectivity index (χ0) is 19.4. The summed E-state index contributed by atoms with van der Waals surface area (Å²) >= 11 is 29.3. The van der Waals surface area contributed by atoms with Crippen molar-refractivity contribution in [3.05, 3.63) is 55.4 Å². The van der Waals surface area contributed by atoms with Crippen LogP contribution in [0.25, 0.3) is 0 Å². The first-order chi connectivity index (χ1) is 12.2. The van der Waals surface area contributed by atoms with Gasteiger partial charge in [-0.05, 0) is 24.3 Å². The fourth-order valence-corrected chi connectivity index (χ4v) is 2.83. The smallest absolute Gasteiger partial charge is 0.345 e. The molecule has 0 heterocycles. The first-order valence-corrected chi connectivity index (χ1v) is 8.76. The van der Waals surface area contributed by atoms with Crippen molar-refractivity contribution in [1.29, 1.82) is 0 Å². The van der Waals surface area contributed by atoms with Crippen molar-refractivity contribution >= 4 is 69.9 Å². The van der Waals surface area contributed by atoms with Crippen molar-refractivity contribution in [3.63, 3.8) is 0 Å². The summed E-state index contributed by atoms with van der Waals surface area (Å²) in [5.41, 5.74) is 0. The molecule has 0 aliphatic heterocycles. The minimum absolute atomic E-state index is 0.0363. The van der Waals surface area contributed by atoms with E-state index in [1.807, 2.05) is 0 Å². The van der Waals surface area contributed by atoms with Gasteiger partial charge in [0.2, 0.25) is 6.10 Å². The van der Waals surface area contributed by atoms with E-state index < -0.39 is 24.5 Å². The number of carboxylic acid groups (broad SMARTS) is 1. The second-order valence-corrected chi connectivity index (χ2v) is 6.96. The van der Waals surface area contributed by atoms with Crippen molar-refractivity contribution in [1.82, 2.24) is 0 Å². The molecule has 5 nitrogen and oxygen atoms in total. The quantitative estimate of drug-likeness (QED) is 0.337. The summed E-state index contributed by atoms with van der Waals surface area (Å²) in [6, 6.07) is 6.78. The van der Waals surface area contributed by atoms with E-state index in [1.165, 1.54) is 30.3 Å². The van der Waals surface area contributed by atoms with Gasteiger partial charge in [0.25, 0.3) is 0 Å². The Labute approximate surface area is 173 Å². The Morgan fingerprint density at radius 1 is 0.885 bits per heavy atom. The van der Waals surface area contributed by atoms with Gasteiger partial charge in [-0.2, -0.15) is 0 Å². The molecule has 1 N–H and O–H groups in total. The minimum Gasteiger partial charge on any atom is -0.478 e. The highest BCUT2D eigenvalue weighted by atomic mass is 35.5. The molecule has 0 spiro atoms. The molecule has 0 saturated carbocycles. The van der Waals surface area contributed by atoms with Gasteiger partial charge in [-0.25, -0.2) is 4.79 Å². The molecule has 0 aliphatic rings. The van der Waals surface area contributed by atoms with Crippen LogP contribution in [0.1, 0.15) is 6.42 Å². The van der Waals surface area contributed by atoms with Crippen molar-refractivity contribution in [2.75, 3.05) is 0 Å². The molecule has 2 rings (SSSR count). The highest BCUT2D eigenvalue weighted by Crippen LogP contribution is 2.35. The van der Waals surface area contributed by atoms with Gasteiger partial charge in [0, 0.05) is 11.1 Å². The van der Waals surface area contributed by atoms with E-state index in [1.54, 1.807) is 0 Å².